The van der Waals surface area contributed by atoms with Gasteiger partial charge < -0.3 is 9.84 Å². The minimum Gasteiger partial charge on any atom is -0.488 e. The van der Waals surface area contributed by atoms with Gasteiger partial charge in [0.15, 0.2) is 0 Å². The van der Waals surface area contributed by atoms with Crippen LogP contribution >= 0.6 is 34.2 Å². The molecular weight excluding hydrogens is 398 g/mol. The topological polar surface area (TPSA) is 46.5 Å². The Bertz CT molecular complexity index is 661. The summed E-state index contributed by atoms with van der Waals surface area (Å²) < 4.78 is 19.8. The summed E-state index contributed by atoms with van der Waals surface area (Å²) in [6, 6.07) is 9.02. The summed E-state index contributed by atoms with van der Waals surface area (Å²) in [5, 5.41) is 9.40. The normalized spacial score (nSPS) is 10.3. The lowest BCUT2D eigenvalue weighted by Crippen LogP contribution is -2.05. The minimum absolute atomic E-state index is 0.0475. The highest BCUT2D eigenvalue weighted by molar-refractivity contribution is 14.1. The van der Waals surface area contributed by atoms with Crippen LogP contribution in [0.5, 0.6) is 5.75 Å². The van der Waals surface area contributed by atoms with Gasteiger partial charge in [0.1, 0.15) is 23.7 Å². The Labute approximate surface area is 133 Å². The summed E-state index contributed by atoms with van der Waals surface area (Å²) in [5.74, 6) is -1.37. The van der Waals surface area contributed by atoms with Gasteiger partial charge in [-0.05, 0) is 52.9 Å². The van der Waals surface area contributed by atoms with Gasteiger partial charge in [-0.3, -0.25) is 0 Å². The molecule has 2 aromatic carbocycles. The molecule has 0 aliphatic heterocycles. The zero-order chi connectivity index (χ0) is 14.7. The van der Waals surface area contributed by atoms with E-state index < -0.39 is 11.8 Å². The van der Waals surface area contributed by atoms with Gasteiger partial charge in [-0.15, -0.1) is 0 Å². The molecular formula is C14H9ClFIO3. The highest BCUT2D eigenvalue weighted by Gasteiger charge is 2.13. The molecule has 2 aromatic rings. The minimum atomic E-state index is -1.09. The fourth-order valence-corrected chi connectivity index (χ4v) is 2.24. The number of hydrogen-bond donors (Lipinski definition) is 1. The Hall–Kier alpha value is -1.34. The van der Waals surface area contributed by atoms with E-state index in [4.69, 9.17) is 21.4 Å². The van der Waals surface area contributed by atoms with Crippen molar-refractivity contribution < 1.29 is 19.0 Å². The molecule has 3 nitrogen and oxygen atoms in total. The summed E-state index contributed by atoms with van der Waals surface area (Å²) in [6.45, 7) is -0.0656. The molecule has 0 atom stereocenters. The van der Waals surface area contributed by atoms with E-state index in [9.17, 15) is 9.18 Å². The zero-order valence-electron chi connectivity index (χ0n) is 10.1. The fourth-order valence-electron chi connectivity index (χ4n) is 1.59. The third-order valence-corrected chi connectivity index (χ3v) is 3.48. The van der Waals surface area contributed by atoms with Crippen LogP contribution in [0.15, 0.2) is 36.4 Å². The van der Waals surface area contributed by atoms with Gasteiger partial charge in [0.2, 0.25) is 0 Å². The number of carboxylic acid groups (broad SMARTS) is 1. The van der Waals surface area contributed by atoms with Crippen LogP contribution in [0.25, 0.3) is 0 Å². The number of carbonyl (C=O) groups is 1. The Kier molecular flexibility index (Phi) is 4.82. The monoisotopic (exact) mass is 406 g/mol. The first-order valence-electron chi connectivity index (χ1n) is 5.57. The summed E-state index contributed by atoms with van der Waals surface area (Å²) in [6.07, 6.45) is 0. The lowest BCUT2D eigenvalue weighted by molar-refractivity contribution is 0.0691. The van der Waals surface area contributed by atoms with Gasteiger partial charge >= 0.3 is 5.97 Å². The van der Waals surface area contributed by atoms with E-state index in [0.29, 0.717) is 10.6 Å². The van der Waals surface area contributed by atoms with Crippen LogP contribution in [-0.2, 0) is 6.61 Å². The Morgan fingerprint density at radius 1 is 1.30 bits per heavy atom. The van der Waals surface area contributed by atoms with Crippen molar-refractivity contribution in [1.29, 1.82) is 0 Å². The number of halogens is 3. The van der Waals surface area contributed by atoms with Crippen molar-refractivity contribution in [2.45, 2.75) is 6.61 Å². The van der Waals surface area contributed by atoms with E-state index in [0.717, 1.165) is 3.57 Å². The molecule has 0 aromatic heterocycles. The zero-order valence-corrected chi connectivity index (χ0v) is 13.0. The summed E-state index contributed by atoms with van der Waals surface area (Å²) in [4.78, 5) is 11.1. The molecule has 0 fully saturated rings. The Morgan fingerprint density at radius 3 is 2.70 bits per heavy atom. The molecule has 0 radical (unpaired) electrons. The molecule has 0 aliphatic carbocycles. The lowest BCUT2D eigenvalue weighted by Gasteiger charge is -2.10. The van der Waals surface area contributed by atoms with Crippen molar-refractivity contribution in [2.75, 3.05) is 0 Å². The van der Waals surface area contributed by atoms with Crippen LogP contribution in [0.3, 0.4) is 0 Å². The average molecular weight is 407 g/mol. The molecule has 0 bridgehead atoms. The van der Waals surface area contributed by atoms with Crippen molar-refractivity contribution in [3.63, 3.8) is 0 Å². The van der Waals surface area contributed by atoms with Crippen LogP contribution in [-0.4, -0.2) is 11.1 Å². The Morgan fingerprint density at radius 2 is 2.05 bits per heavy atom. The quantitative estimate of drug-likeness (QED) is 0.768. The summed E-state index contributed by atoms with van der Waals surface area (Å²) in [7, 11) is 0. The summed E-state index contributed by atoms with van der Waals surface area (Å²) in [5.41, 5.74) is 0.357. The van der Waals surface area contributed by atoms with Crippen LogP contribution in [0.2, 0.25) is 5.02 Å². The van der Waals surface area contributed by atoms with Crippen LogP contribution in [0, 0.1) is 9.39 Å². The second kappa shape index (κ2) is 6.41. The number of benzene rings is 2. The highest BCUT2D eigenvalue weighted by atomic mass is 127. The van der Waals surface area contributed by atoms with E-state index in [2.05, 4.69) is 0 Å². The number of hydrogen-bond acceptors (Lipinski definition) is 2. The highest BCUT2D eigenvalue weighted by Crippen LogP contribution is 2.23. The number of ether oxygens (including phenoxy) is 1. The molecule has 0 amide bonds. The maximum Gasteiger partial charge on any atom is 0.339 e. The molecule has 1 N–H and O–H groups in total. The molecule has 20 heavy (non-hydrogen) atoms. The Balaban J connectivity index is 2.20. The van der Waals surface area contributed by atoms with Crippen molar-refractivity contribution in [3.8, 4) is 5.75 Å². The SMILES string of the molecule is O=C(O)c1cc(I)ccc1OCc1ccc(Cl)cc1F. The van der Waals surface area contributed by atoms with Gasteiger partial charge in [-0.1, -0.05) is 17.7 Å². The number of carboxylic acids is 1. The van der Waals surface area contributed by atoms with E-state index in [1.807, 2.05) is 22.6 Å². The van der Waals surface area contributed by atoms with E-state index in [-0.39, 0.29) is 17.9 Å². The van der Waals surface area contributed by atoms with Gasteiger partial charge in [0.25, 0.3) is 0 Å². The first kappa shape index (κ1) is 15.1. The predicted octanol–water partition coefficient (Wildman–Crippen LogP) is 4.36. The fraction of sp³-hybridized carbons (Fsp3) is 0.0714. The molecule has 0 saturated heterocycles. The standard InChI is InChI=1S/C14H9ClFIO3/c15-9-2-1-8(12(16)5-9)7-20-13-4-3-10(17)6-11(13)14(18)19/h1-6H,7H2,(H,18,19). The van der Waals surface area contributed by atoms with Crippen molar-refractivity contribution >= 4 is 40.2 Å². The molecule has 0 aliphatic rings. The molecule has 2 rings (SSSR count). The van der Waals surface area contributed by atoms with Gasteiger partial charge in [-0.25, -0.2) is 9.18 Å². The second-order valence-electron chi connectivity index (χ2n) is 3.97. The number of rotatable bonds is 4. The molecule has 6 heteroatoms. The maximum atomic E-state index is 13.6. The lowest BCUT2D eigenvalue weighted by atomic mass is 10.2. The summed E-state index contributed by atoms with van der Waals surface area (Å²) >= 11 is 7.67. The molecule has 104 valence electrons. The molecule has 0 unspecified atom stereocenters. The number of aromatic carboxylic acids is 1. The average Bonchev–Trinajstić information content (AvgIpc) is 2.38. The smallest absolute Gasteiger partial charge is 0.339 e. The first-order chi connectivity index (χ1) is 9.47. The van der Waals surface area contributed by atoms with Crippen molar-refractivity contribution in [2.24, 2.45) is 0 Å². The van der Waals surface area contributed by atoms with Crippen LogP contribution < -0.4 is 4.74 Å². The second-order valence-corrected chi connectivity index (χ2v) is 5.65. The van der Waals surface area contributed by atoms with E-state index in [1.54, 1.807) is 18.2 Å². The van der Waals surface area contributed by atoms with Crippen LogP contribution in [0.4, 0.5) is 4.39 Å². The van der Waals surface area contributed by atoms with Crippen molar-refractivity contribution in [3.05, 3.63) is 61.9 Å². The van der Waals surface area contributed by atoms with E-state index in [1.165, 1.54) is 18.2 Å². The molecule has 0 heterocycles. The van der Waals surface area contributed by atoms with Crippen LogP contribution in [0.1, 0.15) is 15.9 Å². The van der Waals surface area contributed by atoms with Gasteiger partial charge in [0, 0.05) is 14.2 Å². The molecule has 0 spiro atoms. The van der Waals surface area contributed by atoms with Gasteiger partial charge in [-0.2, -0.15) is 0 Å². The van der Waals surface area contributed by atoms with E-state index >= 15 is 0 Å². The van der Waals surface area contributed by atoms with Crippen molar-refractivity contribution in [1.82, 2.24) is 0 Å². The largest absolute Gasteiger partial charge is 0.488 e. The maximum absolute atomic E-state index is 13.6. The molecule has 0 saturated carbocycles. The predicted molar refractivity (Wildman–Crippen MR) is 81.9 cm³/mol. The third kappa shape index (κ3) is 3.61. The van der Waals surface area contributed by atoms with Gasteiger partial charge in [0.05, 0.1) is 0 Å². The third-order valence-electron chi connectivity index (χ3n) is 2.57. The first-order valence-corrected chi connectivity index (χ1v) is 7.02.